The summed E-state index contributed by atoms with van der Waals surface area (Å²) in [5.41, 5.74) is 1.30. The predicted octanol–water partition coefficient (Wildman–Crippen LogP) is 2.74. The zero-order valence-electron chi connectivity index (χ0n) is 7.37. The van der Waals surface area contributed by atoms with Gasteiger partial charge in [-0.3, -0.25) is 0 Å². The van der Waals surface area contributed by atoms with Crippen LogP contribution in [0.4, 0.5) is 5.69 Å². The molecule has 2 rings (SSSR count). The summed E-state index contributed by atoms with van der Waals surface area (Å²) in [4.78, 5) is 0. The van der Waals surface area contributed by atoms with Crippen LogP contribution in [0.25, 0.3) is 10.8 Å². The van der Waals surface area contributed by atoms with Gasteiger partial charge in [-0.2, -0.15) is 0 Å². The Labute approximate surface area is 93.6 Å². The Bertz CT molecular complexity index is 418. The summed E-state index contributed by atoms with van der Waals surface area (Å²) >= 11 is 1.67. The van der Waals surface area contributed by atoms with Gasteiger partial charge in [0.2, 0.25) is 0 Å². The van der Waals surface area contributed by atoms with E-state index in [1.165, 1.54) is 16.5 Å². The first-order valence-electron chi connectivity index (χ1n) is 4.16. The van der Waals surface area contributed by atoms with Crippen molar-refractivity contribution in [1.82, 2.24) is 0 Å². The van der Waals surface area contributed by atoms with E-state index in [4.69, 9.17) is 0 Å². The maximum atomic E-state index is 2.20. The standard InChI is InChI=1S/C11H10AtN/c1-13(12)11-8-4-6-9-5-2-3-7-10(9)11/h2-8H,1H3. The van der Waals surface area contributed by atoms with Crippen LogP contribution in [0.15, 0.2) is 42.5 Å². The fourth-order valence-corrected chi connectivity index (χ4v) is 2.05. The average molecular weight is 366 g/mol. The van der Waals surface area contributed by atoms with E-state index in [1.54, 1.807) is 25.0 Å². The molecular weight excluding hydrogens is 356 g/mol. The Balaban J connectivity index is 2.76. The number of benzene rings is 2. The van der Waals surface area contributed by atoms with Crippen LogP contribution >= 0.6 is 0 Å². The van der Waals surface area contributed by atoms with E-state index in [1.807, 2.05) is 0 Å². The summed E-state index contributed by atoms with van der Waals surface area (Å²) in [7, 11) is 2.10. The van der Waals surface area contributed by atoms with Gasteiger partial charge in [-0.05, 0) is 0 Å². The van der Waals surface area contributed by atoms with E-state index >= 15 is 0 Å². The number of fused-ring (bicyclic) bond motifs is 1. The van der Waals surface area contributed by atoms with Gasteiger partial charge in [0.15, 0.2) is 0 Å². The van der Waals surface area contributed by atoms with Crippen LogP contribution < -0.4 is 2.84 Å². The van der Waals surface area contributed by atoms with Crippen LogP contribution in [0.3, 0.4) is 0 Å². The van der Waals surface area contributed by atoms with Gasteiger partial charge in [-0.25, -0.2) is 0 Å². The van der Waals surface area contributed by atoms with Crippen LogP contribution in [-0.4, -0.2) is 7.05 Å². The predicted molar refractivity (Wildman–Crippen MR) is 52.4 cm³/mol. The van der Waals surface area contributed by atoms with Crippen molar-refractivity contribution in [1.29, 1.82) is 0 Å². The van der Waals surface area contributed by atoms with Crippen LogP contribution in [0.5, 0.6) is 0 Å². The third-order valence-corrected chi connectivity index (χ3v) is 2.81. The molecule has 2 aromatic rings. The molecule has 0 aliphatic heterocycles. The minimum absolute atomic E-state index is 1.30. The Morgan fingerprint density at radius 2 is 1.69 bits per heavy atom. The van der Waals surface area contributed by atoms with E-state index in [0.29, 0.717) is 0 Å². The summed E-state index contributed by atoms with van der Waals surface area (Å²) in [5.74, 6) is 0. The van der Waals surface area contributed by atoms with E-state index in [0.717, 1.165) is 0 Å². The molecule has 0 aliphatic carbocycles. The van der Waals surface area contributed by atoms with Crippen molar-refractivity contribution in [3.8, 4) is 0 Å². The fourth-order valence-electron chi connectivity index (χ4n) is 1.48. The van der Waals surface area contributed by atoms with Crippen LogP contribution in [0.1, 0.15) is 0 Å². The second-order valence-electron chi connectivity index (χ2n) is 2.98. The van der Waals surface area contributed by atoms with E-state index in [9.17, 15) is 0 Å². The Morgan fingerprint density at radius 1 is 1.00 bits per heavy atom. The number of hydrogen-bond acceptors (Lipinski definition) is 1. The van der Waals surface area contributed by atoms with Crippen LogP contribution in [0.2, 0.25) is 0 Å². The van der Waals surface area contributed by atoms with Gasteiger partial charge in [-0.1, -0.05) is 0 Å². The molecule has 0 bridgehead atoms. The van der Waals surface area contributed by atoms with Gasteiger partial charge in [-0.15, -0.1) is 0 Å². The first-order chi connectivity index (χ1) is 6.29. The van der Waals surface area contributed by atoms with Crippen molar-refractivity contribution in [2.45, 2.75) is 0 Å². The SMILES string of the molecule is CN([At])c1cccc2ccccc12. The van der Waals surface area contributed by atoms with E-state index < -0.39 is 0 Å². The molecule has 1 nitrogen and oxygen atoms in total. The number of rotatable bonds is 1. The molecule has 0 aromatic heterocycles. The molecule has 2 aromatic carbocycles. The summed E-state index contributed by atoms with van der Waals surface area (Å²) in [6.07, 6.45) is 0. The maximum absolute atomic E-state index is 2.20. The van der Waals surface area contributed by atoms with Crippen molar-refractivity contribution in [2.75, 3.05) is 9.89 Å². The van der Waals surface area contributed by atoms with Gasteiger partial charge < -0.3 is 0 Å². The summed E-state index contributed by atoms with van der Waals surface area (Å²) in [6.45, 7) is 0. The molecule has 0 fully saturated rings. The Morgan fingerprint density at radius 3 is 2.46 bits per heavy atom. The topological polar surface area (TPSA) is 3.24 Å². The molecule has 0 saturated carbocycles. The fraction of sp³-hybridized carbons (Fsp3) is 0.0909. The van der Waals surface area contributed by atoms with Gasteiger partial charge in [0, 0.05) is 0 Å². The third-order valence-electron chi connectivity index (χ3n) is 2.10. The monoisotopic (exact) mass is 366 g/mol. The molecule has 2 heteroatoms. The quantitative estimate of drug-likeness (QED) is 0.750. The molecule has 0 unspecified atom stereocenters. The Hall–Kier alpha value is -0.617. The van der Waals surface area contributed by atoms with Gasteiger partial charge in [0.05, 0.1) is 0 Å². The van der Waals surface area contributed by atoms with Crippen molar-refractivity contribution in [3.63, 3.8) is 0 Å². The second-order valence-corrected chi connectivity index (χ2v) is 4.95. The molecule has 13 heavy (non-hydrogen) atoms. The molecule has 0 N–H and O–H groups in total. The normalized spacial score (nSPS) is 10.3. The van der Waals surface area contributed by atoms with Gasteiger partial charge >= 0.3 is 93.8 Å². The molecule has 0 heterocycles. The molecule has 0 aliphatic rings. The zero-order valence-corrected chi connectivity index (χ0v) is 10.3. The summed E-state index contributed by atoms with van der Waals surface area (Å²) in [5, 5.41) is 2.64. The van der Waals surface area contributed by atoms with Gasteiger partial charge in [0.1, 0.15) is 0 Å². The molecular formula is C11H10AtN. The van der Waals surface area contributed by atoms with Crippen molar-refractivity contribution in [3.05, 3.63) is 42.5 Å². The molecule has 0 spiro atoms. The molecule has 0 amide bonds. The van der Waals surface area contributed by atoms with E-state index in [2.05, 4.69) is 52.4 Å². The number of nitrogens with zero attached hydrogens (tertiary/aromatic N) is 1. The molecule has 66 valence electrons. The van der Waals surface area contributed by atoms with Gasteiger partial charge in [0.25, 0.3) is 0 Å². The minimum atomic E-state index is 1.30. The summed E-state index contributed by atoms with van der Waals surface area (Å²) in [6, 6.07) is 14.9. The second kappa shape index (κ2) is 3.63. The van der Waals surface area contributed by atoms with Crippen molar-refractivity contribution < 1.29 is 25.0 Å². The first-order valence-corrected chi connectivity index (χ1v) is 5.48. The number of hydrogen-bond donors (Lipinski definition) is 0. The number of anilines is 1. The average Bonchev–Trinajstić information content (AvgIpc) is 2.17. The van der Waals surface area contributed by atoms with Crippen LogP contribution in [0, 0.1) is 25.0 Å². The molecule has 0 saturated heterocycles. The third kappa shape index (κ3) is 1.69. The zero-order chi connectivity index (χ0) is 9.26. The summed E-state index contributed by atoms with van der Waals surface area (Å²) < 4.78 is 2.20. The first kappa shape index (κ1) is 8.96. The van der Waals surface area contributed by atoms with Crippen molar-refractivity contribution >= 4 is 16.5 Å². The Kier molecular flexibility index (Phi) is 2.50. The molecule has 0 radical (unpaired) electrons. The molecule has 0 atom stereocenters. The van der Waals surface area contributed by atoms with Crippen molar-refractivity contribution in [2.24, 2.45) is 0 Å². The van der Waals surface area contributed by atoms with Crippen LogP contribution in [-0.2, 0) is 0 Å². The van der Waals surface area contributed by atoms with E-state index in [-0.39, 0.29) is 0 Å².